The third kappa shape index (κ3) is 3.48. The number of nitrogens with zero attached hydrogens (tertiary/aromatic N) is 3. The maximum Gasteiger partial charge on any atom is 0.333 e. The van der Waals surface area contributed by atoms with Gasteiger partial charge in [-0.3, -0.25) is 14.6 Å². The second-order valence-electron chi connectivity index (χ2n) is 7.03. The molecule has 2 heterocycles. The highest BCUT2D eigenvalue weighted by Crippen LogP contribution is 2.27. The van der Waals surface area contributed by atoms with Crippen molar-refractivity contribution >= 4 is 27.5 Å². The van der Waals surface area contributed by atoms with Gasteiger partial charge in [0.1, 0.15) is 6.04 Å². The standard InChI is InChI=1S/C18H25N3O4S/c1-4-19(16-9-10-26(24,25)11-16)12-20-17(22)14(3)21(18(20)23)15-7-5-13(2)6-8-15/h5-8,14,16H,4,9-12H2,1-3H3/t14-,16-/m1/s1. The van der Waals surface area contributed by atoms with Crippen LogP contribution in [-0.2, 0) is 14.6 Å². The summed E-state index contributed by atoms with van der Waals surface area (Å²) in [5.41, 5.74) is 1.77. The zero-order chi connectivity index (χ0) is 19.1. The van der Waals surface area contributed by atoms with Crippen molar-refractivity contribution in [2.24, 2.45) is 0 Å². The first kappa shape index (κ1) is 18.8. The van der Waals surface area contributed by atoms with E-state index in [0.29, 0.717) is 18.7 Å². The highest BCUT2D eigenvalue weighted by molar-refractivity contribution is 7.91. The molecule has 0 aromatic heterocycles. The topological polar surface area (TPSA) is 78.0 Å². The number of benzene rings is 1. The fourth-order valence-electron chi connectivity index (χ4n) is 3.61. The molecule has 2 aliphatic heterocycles. The van der Waals surface area contributed by atoms with Crippen molar-refractivity contribution in [3.05, 3.63) is 29.8 Å². The van der Waals surface area contributed by atoms with Gasteiger partial charge in [0.05, 0.1) is 18.2 Å². The van der Waals surface area contributed by atoms with Crippen LogP contribution in [0.5, 0.6) is 0 Å². The molecule has 7 nitrogen and oxygen atoms in total. The fourth-order valence-corrected chi connectivity index (χ4v) is 5.38. The maximum absolute atomic E-state index is 12.9. The Labute approximate surface area is 154 Å². The van der Waals surface area contributed by atoms with Crippen LogP contribution >= 0.6 is 0 Å². The van der Waals surface area contributed by atoms with Crippen LogP contribution in [-0.4, -0.2) is 67.0 Å². The quantitative estimate of drug-likeness (QED) is 0.727. The van der Waals surface area contributed by atoms with Crippen LogP contribution in [0, 0.1) is 6.92 Å². The van der Waals surface area contributed by atoms with Gasteiger partial charge in [0, 0.05) is 11.7 Å². The van der Waals surface area contributed by atoms with E-state index in [-0.39, 0.29) is 36.2 Å². The van der Waals surface area contributed by atoms with Gasteiger partial charge in [-0.1, -0.05) is 24.6 Å². The van der Waals surface area contributed by atoms with Crippen LogP contribution in [0.1, 0.15) is 25.8 Å². The Kier molecular flexibility index (Phi) is 5.07. The molecule has 8 heteroatoms. The predicted octanol–water partition coefficient (Wildman–Crippen LogP) is 1.62. The van der Waals surface area contributed by atoms with Gasteiger partial charge in [-0.15, -0.1) is 0 Å². The van der Waals surface area contributed by atoms with Crippen molar-refractivity contribution in [1.82, 2.24) is 9.80 Å². The first-order chi connectivity index (χ1) is 12.2. The molecule has 0 unspecified atom stereocenters. The van der Waals surface area contributed by atoms with Crippen LogP contribution < -0.4 is 4.90 Å². The van der Waals surface area contributed by atoms with Crippen molar-refractivity contribution in [2.45, 2.75) is 39.3 Å². The molecule has 26 heavy (non-hydrogen) atoms. The third-order valence-corrected chi connectivity index (χ3v) is 6.96. The van der Waals surface area contributed by atoms with Crippen molar-refractivity contribution in [3.63, 3.8) is 0 Å². The van der Waals surface area contributed by atoms with E-state index < -0.39 is 15.9 Å². The van der Waals surface area contributed by atoms with E-state index in [9.17, 15) is 18.0 Å². The fraction of sp³-hybridized carbons (Fsp3) is 0.556. The number of carbonyl (C=O) groups is 2. The van der Waals surface area contributed by atoms with Gasteiger partial charge >= 0.3 is 6.03 Å². The number of urea groups is 1. The first-order valence-corrected chi connectivity index (χ1v) is 10.7. The average molecular weight is 379 g/mol. The minimum Gasteiger partial charge on any atom is -0.282 e. The van der Waals surface area contributed by atoms with Gasteiger partial charge in [0.2, 0.25) is 0 Å². The van der Waals surface area contributed by atoms with Gasteiger partial charge in [-0.25, -0.2) is 18.1 Å². The molecule has 0 radical (unpaired) electrons. The lowest BCUT2D eigenvalue weighted by molar-refractivity contribution is -0.128. The zero-order valence-electron chi connectivity index (χ0n) is 15.4. The maximum atomic E-state index is 12.9. The van der Waals surface area contributed by atoms with Gasteiger partial charge in [-0.2, -0.15) is 0 Å². The smallest absolute Gasteiger partial charge is 0.282 e. The normalized spacial score (nSPS) is 25.5. The van der Waals surface area contributed by atoms with Crippen LogP contribution in [0.3, 0.4) is 0 Å². The average Bonchev–Trinajstić information content (AvgIpc) is 3.05. The molecule has 2 saturated heterocycles. The summed E-state index contributed by atoms with van der Waals surface area (Å²) >= 11 is 0. The van der Waals surface area contributed by atoms with Crippen molar-refractivity contribution < 1.29 is 18.0 Å². The Hall–Kier alpha value is -1.93. The molecular weight excluding hydrogens is 354 g/mol. The summed E-state index contributed by atoms with van der Waals surface area (Å²) in [4.78, 5) is 30.2. The van der Waals surface area contributed by atoms with E-state index in [0.717, 1.165) is 5.56 Å². The molecule has 0 aliphatic carbocycles. The highest BCUT2D eigenvalue weighted by atomic mass is 32.2. The van der Waals surface area contributed by atoms with E-state index in [4.69, 9.17) is 0 Å². The second kappa shape index (κ2) is 7.00. The summed E-state index contributed by atoms with van der Waals surface area (Å²) in [6.45, 7) is 6.30. The minimum atomic E-state index is -3.02. The number of amides is 3. The Bertz CT molecular complexity index is 806. The lowest BCUT2D eigenvalue weighted by atomic mass is 10.2. The Balaban J connectivity index is 1.78. The van der Waals surface area contributed by atoms with Crippen molar-refractivity contribution in [2.75, 3.05) is 29.6 Å². The molecule has 3 rings (SSSR count). The molecular formula is C18H25N3O4S. The molecule has 2 aliphatic rings. The Morgan fingerprint density at radius 2 is 1.85 bits per heavy atom. The summed E-state index contributed by atoms with van der Waals surface area (Å²) in [6, 6.07) is 6.41. The Morgan fingerprint density at radius 1 is 1.19 bits per heavy atom. The van der Waals surface area contributed by atoms with E-state index >= 15 is 0 Å². The van der Waals surface area contributed by atoms with E-state index in [1.807, 2.05) is 43.0 Å². The zero-order valence-corrected chi connectivity index (χ0v) is 16.2. The molecule has 0 bridgehead atoms. The van der Waals surface area contributed by atoms with Crippen molar-refractivity contribution in [3.8, 4) is 0 Å². The lowest BCUT2D eigenvalue weighted by Crippen LogP contribution is -2.47. The first-order valence-electron chi connectivity index (χ1n) is 8.89. The van der Waals surface area contributed by atoms with Gasteiger partial charge in [0.15, 0.2) is 9.84 Å². The van der Waals surface area contributed by atoms with Crippen molar-refractivity contribution in [1.29, 1.82) is 0 Å². The molecule has 0 N–H and O–H groups in total. The second-order valence-corrected chi connectivity index (χ2v) is 9.26. The summed E-state index contributed by atoms with van der Waals surface area (Å²) in [7, 11) is -3.02. The Morgan fingerprint density at radius 3 is 2.38 bits per heavy atom. The van der Waals surface area contributed by atoms with Gasteiger partial charge < -0.3 is 0 Å². The van der Waals surface area contributed by atoms with Gasteiger partial charge in [-0.05, 0) is 38.9 Å². The molecule has 142 valence electrons. The number of rotatable bonds is 5. The number of aryl methyl sites for hydroxylation is 1. The number of imide groups is 1. The number of sulfone groups is 1. The highest BCUT2D eigenvalue weighted by Gasteiger charge is 2.44. The molecule has 3 amide bonds. The van der Waals surface area contributed by atoms with Crippen LogP contribution in [0.15, 0.2) is 24.3 Å². The lowest BCUT2D eigenvalue weighted by Gasteiger charge is -2.30. The van der Waals surface area contributed by atoms with Crippen LogP contribution in [0.25, 0.3) is 0 Å². The summed E-state index contributed by atoms with van der Waals surface area (Å²) < 4.78 is 23.5. The summed E-state index contributed by atoms with van der Waals surface area (Å²) in [5, 5.41) is 0. The largest absolute Gasteiger partial charge is 0.333 e. The number of carbonyl (C=O) groups excluding carboxylic acids is 2. The molecule has 0 spiro atoms. The minimum absolute atomic E-state index is 0.0916. The summed E-state index contributed by atoms with van der Waals surface area (Å²) in [6.07, 6.45) is 0.545. The molecule has 0 saturated carbocycles. The van der Waals surface area contributed by atoms with E-state index in [1.54, 1.807) is 6.92 Å². The van der Waals surface area contributed by atoms with Crippen LogP contribution in [0.4, 0.5) is 10.5 Å². The van der Waals surface area contributed by atoms with Crippen LogP contribution in [0.2, 0.25) is 0 Å². The monoisotopic (exact) mass is 379 g/mol. The third-order valence-electron chi connectivity index (χ3n) is 5.21. The number of hydrogen-bond donors (Lipinski definition) is 0. The molecule has 2 fully saturated rings. The van der Waals surface area contributed by atoms with E-state index in [1.165, 1.54) is 9.80 Å². The molecule has 2 atom stereocenters. The predicted molar refractivity (Wildman–Crippen MR) is 99.7 cm³/mol. The number of hydrogen-bond acceptors (Lipinski definition) is 5. The summed E-state index contributed by atoms with van der Waals surface area (Å²) in [5.74, 6) is 0.00542. The SMILES string of the molecule is CCN(CN1C(=O)[C@@H](C)N(c2ccc(C)cc2)C1=O)[C@@H]1CCS(=O)(=O)C1. The molecule has 1 aromatic carbocycles. The van der Waals surface area contributed by atoms with Gasteiger partial charge in [0.25, 0.3) is 5.91 Å². The van der Waals surface area contributed by atoms with E-state index in [2.05, 4.69) is 0 Å². The molecule has 1 aromatic rings. The number of anilines is 1.